The van der Waals surface area contributed by atoms with E-state index in [1.54, 1.807) is 12.1 Å². The number of benzene rings is 2. The van der Waals surface area contributed by atoms with E-state index in [1.165, 1.54) is 25.3 Å². The normalized spacial score (nSPS) is 10.1. The maximum atomic E-state index is 11.9. The first-order valence-corrected chi connectivity index (χ1v) is 7.49. The Labute approximate surface area is 143 Å². The van der Waals surface area contributed by atoms with Crippen LogP contribution in [0.5, 0.6) is 5.75 Å². The molecule has 0 atom stereocenters. The Kier molecular flexibility index (Phi) is 5.97. The molecule has 0 heterocycles. The SMILES string of the molecule is COc1ccc([N+](=O)[O-])cc1NC(=O)NCCc1ccc(Cl)cc1. The first-order valence-electron chi connectivity index (χ1n) is 7.11. The van der Waals surface area contributed by atoms with Gasteiger partial charge in [-0.2, -0.15) is 0 Å². The molecule has 7 nitrogen and oxygen atoms in total. The summed E-state index contributed by atoms with van der Waals surface area (Å²) in [5.41, 5.74) is 1.13. The van der Waals surface area contributed by atoms with Crippen LogP contribution in [-0.4, -0.2) is 24.6 Å². The molecule has 0 bridgehead atoms. The average molecular weight is 350 g/mol. The summed E-state index contributed by atoms with van der Waals surface area (Å²) in [7, 11) is 1.42. The van der Waals surface area contributed by atoms with E-state index in [9.17, 15) is 14.9 Å². The Hall–Kier alpha value is -2.80. The predicted molar refractivity (Wildman–Crippen MR) is 91.8 cm³/mol. The lowest BCUT2D eigenvalue weighted by molar-refractivity contribution is -0.384. The third kappa shape index (κ3) is 4.85. The molecule has 0 aliphatic heterocycles. The van der Waals surface area contributed by atoms with Gasteiger partial charge in [0.2, 0.25) is 0 Å². The van der Waals surface area contributed by atoms with E-state index in [4.69, 9.17) is 16.3 Å². The molecule has 0 spiro atoms. The van der Waals surface area contributed by atoms with Crippen molar-refractivity contribution in [3.63, 3.8) is 0 Å². The van der Waals surface area contributed by atoms with Crippen LogP contribution in [0.4, 0.5) is 16.2 Å². The molecule has 126 valence electrons. The first kappa shape index (κ1) is 17.6. The van der Waals surface area contributed by atoms with Crippen LogP contribution in [0.15, 0.2) is 42.5 Å². The van der Waals surface area contributed by atoms with Gasteiger partial charge in [0.25, 0.3) is 5.69 Å². The molecule has 0 fully saturated rings. The molecule has 0 aliphatic rings. The van der Waals surface area contributed by atoms with Crippen molar-refractivity contribution in [3.05, 3.63) is 63.2 Å². The number of non-ortho nitro benzene ring substituents is 1. The summed E-state index contributed by atoms with van der Waals surface area (Å²) in [6, 6.07) is 10.8. The quantitative estimate of drug-likeness (QED) is 0.615. The minimum atomic E-state index is -0.539. The zero-order chi connectivity index (χ0) is 17.5. The van der Waals surface area contributed by atoms with Crippen LogP contribution in [0.2, 0.25) is 5.02 Å². The van der Waals surface area contributed by atoms with Gasteiger partial charge in [-0.3, -0.25) is 10.1 Å². The fourth-order valence-electron chi connectivity index (χ4n) is 2.05. The van der Waals surface area contributed by atoms with E-state index in [-0.39, 0.29) is 11.4 Å². The summed E-state index contributed by atoms with van der Waals surface area (Å²) >= 11 is 5.81. The number of hydrogen-bond donors (Lipinski definition) is 2. The number of carbonyl (C=O) groups excluding carboxylic acids is 1. The van der Waals surface area contributed by atoms with Gasteiger partial charge in [-0.25, -0.2) is 4.79 Å². The van der Waals surface area contributed by atoms with Gasteiger partial charge in [0, 0.05) is 23.7 Å². The highest BCUT2D eigenvalue weighted by molar-refractivity contribution is 6.30. The molecule has 2 aromatic rings. The summed E-state index contributed by atoms with van der Waals surface area (Å²) in [5, 5.41) is 16.7. The lowest BCUT2D eigenvalue weighted by atomic mass is 10.1. The van der Waals surface area contributed by atoms with Crippen molar-refractivity contribution in [2.75, 3.05) is 19.0 Å². The molecule has 2 rings (SSSR count). The van der Waals surface area contributed by atoms with E-state index in [0.717, 1.165) is 5.56 Å². The average Bonchev–Trinajstić information content (AvgIpc) is 2.56. The Morgan fingerprint density at radius 3 is 2.58 bits per heavy atom. The third-order valence-corrected chi connectivity index (χ3v) is 3.51. The number of nitrogens with zero attached hydrogens (tertiary/aromatic N) is 1. The number of amides is 2. The van der Waals surface area contributed by atoms with Crippen molar-refractivity contribution in [3.8, 4) is 5.75 Å². The van der Waals surface area contributed by atoms with Crippen LogP contribution in [0.3, 0.4) is 0 Å². The Bertz CT molecular complexity index is 735. The lowest BCUT2D eigenvalue weighted by Crippen LogP contribution is -2.30. The molecule has 0 saturated heterocycles. The summed E-state index contributed by atoms with van der Waals surface area (Å²) in [4.78, 5) is 22.2. The highest BCUT2D eigenvalue weighted by atomic mass is 35.5. The molecular weight excluding hydrogens is 334 g/mol. The van der Waals surface area contributed by atoms with Gasteiger partial charge in [-0.1, -0.05) is 23.7 Å². The minimum Gasteiger partial charge on any atom is -0.495 e. The Morgan fingerprint density at radius 1 is 1.25 bits per heavy atom. The van der Waals surface area contributed by atoms with E-state index < -0.39 is 11.0 Å². The maximum absolute atomic E-state index is 11.9. The number of nitro groups is 1. The molecule has 0 unspecified atom stereocenters. The second-order valence-corrected chi connectivity index (χ2v) is 5.34. The van der Waals surface area contributed by atoms with Crippen LogP contribution >= 0.6 is 11.6 Å². The molecule has 2 N–H and O–H groups in total. The molecule has 2 amide bonds. The lowest BCUT2D eigenvalue weighted by Gasteiger charge is -2.11. The van der Waals surface area contributed by atoms with Gasteiger partial charge in [-0.15, -0.1) is 0 Å². The number of carbonyl (C=O) groups is 1. The molecule has 2 aromatic carbocycles. The van der Waals surface area contributed by atoms with Crippen LogP contribution < -0.4 is 15.4 Å². The highest BCUT2D eigenvalue weighted by Gasteiger charge is 2.13. The van der Waals surface area contributed by atoms with Crippen LogP contribution in [0.25, 0.3) is 0 Å². The molecule has 24 heavy (non-hydrogen) atoms. The molecular formula is C16H16ClN3O4. The number of urea groups is 1. The van der Waals surface area contributed by atoms with Crippen molar-refractivity contribution in [1.29, 1.82) is 0 Å². The maximum Gasteiger partial charge on any atom is 0.319 e. The topological polar surface area (TPSA) is 93.5 Å². The van der Waals surface area contributed by atoms with Crippen molar-refractivity contribution < 1.29 is 14.5 Å². The number of methoxy groups -OCH3 is 1. The summed E-state index contributed by atoms with van der Waals surface area (Å²) in [6.07, 6.45) is 0.636. The van der Waals surface area contributed by atoms with Crippen molar-refractivity contribution in [2.45, 2.75) is 6.42 Å². The highest BCUT2D eigenvalue weighted by Crippen LogP contribution is 2.28. The number of nitrogens with one attached hydrogen (secondary N) is 2. The second-order valence-electron chi connectivity index (χ2n) is 4.90. The van der Waals surface area contributed by atoms with E-state index >= 15 is 0 Å². The smallest absolute Gasteiger partial charge is 0.319 e. The summed E-state index contributed by atoms with van der Waals surface area (Å²) in [5.74, 6) is 0.341. The van der Waals surface area contributed by atoms with Gasteiger partial charge < -0.3 is 15.4 Å². The number of ether oxygens (including phenoxy) is 1. The molecule has 0 aliphatic carbocycles. The number of anilines is 1. The van der Waals surface area contributed by atoms with Gasteiger partial charge in [0.1, 0.15) is 5.75 Å². The van der Waals surface area contributed by atoms with E-state index in [2.05, 4.69) is 10.6 Å². The molecule has 0 saturated carbocycles. The monoisotopic (exact) mass is 349 g/mol. The Balaban J connectivity index is 1.93. The first-order chi connectivity index (χ1) is 11.5. The third-order valence-electron chi connectivity index (χ3n) is 3.25. The van der Waals surface area contributed by atoms with E-state index in [0.29, 0.717) is 23.7 Å². The van der Waals surface area contributed by atoms with Crippen molar-refractivity contribution >= 4 is 29.0 Å². The van der Waals surface area contributed by atoms with Gasteiger partial charge in [-0.05, 0) is 30.2 Å². The fraction of sp³-hybridized carbons (Fsp3) is 0.188. The van der Waals surface area contributed by atoms with Crippen molar-refractivity contribution in [1.82, 2.24) is 5.32 Å². The largest absolute Gasteiger partial charge is 0.495 e. The van der Waals surface area contributed by atoms with E-state index in [1.807, 2.05) is 12.1 Å². The van der Waals surface area contributed by atoms with Gasteiger partial charge >= 0.3 is 6.03 Å². The molecule has 8 heteroatoms. The minimum absolute atomic E-state index is 0.132. The van der Waals surface area contributed by atoms with Crippen molar-refractivity contribution in [2.24, 2.45) is 0 Å². The predicted octanol–water partition coefficient (Wildman–Crippen LogP) is 3.62. The van der Waals surface area contributed by atoms with Gasteiger partial charge in [0.15, 0.2) is 0 Å². The van der Waals surface area contributed by atoms with Gasteiger partial charge in [0.05, 0.1) is 17.7 Å². The Morgan fingerprint density at radius 2 is 1.96 bits per heavy atom. The summed E-state index contributed by atoms with van der Waals surface area (Å²) in [6.45, 7) is 0.407. The second kappa shape index (κ2) is 8.16. The van der Waals surface area contributed by atoms with Crippen LogP contribution in [-0.2, 0) is 6.42 Å². The van der Waals surface area contributed by atoms with Crippen LogP contribution in [0.1, 0.15) is 5.56 Å². The number of hydrogen-bond acceptors (Lipinski definition) is 4. The number of rotatable bonds is 6. The standard InChI is InChI=1S/C16H16ClN3O4/c1-24-15-7-6-13(20(22)23)10-14(15)19-16(21)18-9-8-11-2-4-12(17)5-3-11/h2-7,10H,8-9H2,1H3,(H2,18,19,21). The van der Waals surface area contributed by atoms with Crippen LogP contribution in [0, 0.1) is 10.1 Å². The molecule has 0 aromatic heterocycles. The zero-order valence-corrected chi connectivity index (χ0v) is 13.7. The fourth-order valence-corrected chi connectivity index (χ4v) is 2.17. The zero-order valence-electron chi connectivity index (χ0n) is 12.9. The summed E-state index contributed by atoms with van der Waals surface area (Å²) < 4.78 is 5.09. The molecule has 0 radical (unpaired) electrons. The number of halogens is 1. The number of nitro benzene ring substituents is 1.